The van der Waals surface area contributed by atoms with Crippen molar-refractivity contribution in [1.29, 1.82) is 0 Å². The molecular formula is C26H21N3OS2. The highest BCUT2D eigenvalue weighted by molar-refractivity contribution is 7.11. The molecule has 4 heterocycles. The van der Waals surface area contributed by atoms with E-state index in [0.717, 1.165) is 35.9 Å². The molecule has 0 saturated heterocycles. The van der Waals surface area contributed by atoms with Gasteiger partial charge in [0.2, 0.25) is 0 Å². The first-order valence-electron chi connectivity index (χ1n) is 10.8. The minimum absolute atomic E-state index is 0.0715. The quantitative estimate of drug-likeness (QED) is 0.341. The molecule has 158 valence electrons. The molecule has 3 aromatic heterocycles. The van der Waals surface area contributed by atoms with Crippen molar-refractivity contribution in [1.82, 2.24) is 9.99 Å². The van der Waals surface area contributed by atoms with Gasteiger partial charge >= 0.3 is 0 Å². The topological polar surface area (TPSA) is 45.6 Å². The summed E-state index contributed by atoms with van der Waals surface area (Å²) in [6.45, 7) is 0. The predicted octanol–water partition coefficient (Wildman–Crippen LogP) is 6.79. The maximum atomic E-state index is 13.7. The Bertz CT molecular complexity index is 1340. The van der Waals surface area contributed by atoms with Crippen molar-refractivity contribution in [2.24, 2.45) is 11.0 Å². The van der Waals surface area contributed by atoms with Crippen molar-refractivity contribution >= 4 is 51.3 Å². The van der Waals surface area contributed by atoms with E-state index in [1.54, 1.807) is 27.7 Å². The average Bonchev–Trinajstić information content (AvgIpc) is 3.59. The third kappa shape index (κ3) is 3.40. The predicted molar refractivity (Wildman–Crippen MR) is 132 cm³/mol. The first-order valence-corrected chi connectivity index (χ1v) is 12.6. The Labute approximate surface area is 194 Å². The van der Waals surface area contributed by atoms with Gasteiger partial charge in [0.05, 0.1) is 17.3 Å². The van der Waals surface area contributed by atoms with Gasteiger partial charge in [-0.05, 0) is 65.9 Å². The van der Waals surface area contributed by atoms with Gasteiger partial charge in [0.15, 0.2) is 0 Å². The Morgan fingerprint density at radius 2 is 1.88 bits per heavy atom. The summed E-state index contributed by atoms with van der Waals surface area (Å²) in [6.07, 6.45) is 5.40. The third-order valence-corrected chi connectivity index (χ3v) is 7.98. The van der Waals surface area contributed by atoms with E-state index in [4.69, 9.17) is 5.10 Å². The van der Waals surface area contributed by atoms with E-state index < -0.39 is 0 Å². The maximum absolute atomic E-state index is 13.7. The van der Waals surface area contributed by atoms with Crippen LogP contribution in [0.5, 0.6) is 0 Å². The van der Waals surface area contributed by atoms with Crippen LogP contribution >= 0.6 is 22.7 Å². The van der Waals surface area contributed by atoms with Crippen molar-refractivity contribution in [3.8, 4) is 0 Å². The number of allylic oxidation sites excluding steroid dienone is 1. The smallest absolute Gasteiger partial charge is 0.265 e. The minimum atomic E-state index is -0.133. The summed E-state index contributed by atoms with van der Waals surface area (Å²) in [5.74, 6) is 0.0875. The fourth-order valence-electron chi connectivity index (χ4n) is 4.75. The van der Waals surface area contributed by atoms with Crippen LogP contribution in [0.15, 0.2) is 82.1 Å². The zero-order valence-corrected chi connectivity index (χ0v) is 19.0. The number of hydrogen-bond donors (Lipinski definition) is 0. The number of carbonyl (C=O) groups is 1. The normalized spacial score (nSPS) is 21.7. The second-order valence-corrected chi connectivity index (χ2v) is 10.1. The van der Waals surface area contributed by atoms with Gasteiger partial charge in [-0.3, -0.25) is 4.79 Å². The zero-order valence-electron chi connectivity index (χ0n) is 17.3. The van der Waals surface area contributed by atoms with E-state index in [-0.39, 0.29) is 17.9 Å². The lowest BCUT2D eigenvalue weighted by atomic mass is 9.79. The lowest BCUT2D eigenvalue weighted by Gasteiger charge is -2.28. The van der Waals surface area contributed by atoms with Gasteiger partial charge in [0.1, 0.15) is 5.69 Å². The lowest BCUT2D eigenvalue weighted by Crippen LogP contribution is -2.31. The van der Waals surface area contributed by atoms with Gasteiger partial charge in [-0.15, -0.1) is 22.7 Å². The monoisotopic (exact) mass is 455 g/mol. The molecule has 6 heteroatoms. The fraction of sp³-hybridized carbons (Fsp3) is 0.192. The van der Waals surface area contributed by atoms with E-state index in [9.17, 15) is 4.79 Å². The van der Waals surface area contributed by atoms with Crippen molar-refractivity contribution in [2.45, 2.75) is 25.3 Å². The zero-order chi connectivity index (χ0) is 21.5. The molecule has 1 saturated carbocycles. The Morgan fingerprint density at radius 1 is 1.00 bits per heavy atom. The fourth-order valence-corrected chi connectivity index (χ4v) is 6.31. The molecule has 1 aliphatic carbocycles. The molecule has 32 heavy (non-hydrogen) atoms. The molecule has 2 aliphatic rings. The Hall–Kier alpha value is -3.09. The number of carbonyl (C=O) groups excluding carboxylic acids is 1. The van der Waals surface area contributed by atoms with Gasteiger partial charge in [-0.1, -0.05) is 36.4 Å². The molecule has 0 spiro atoms. The number of amides is 1. The van der Waals surface area contributed by atoms with Gasteiger partial charge in [-0.25, -0.2) is 9.99 Å². The van der Waals surface area contributed by atoms with Crippen LogP contribution in [-0.4, -0.2) is 21.6 Å². The van der Waals surface area contributed by atoms with E-state index in [1.807, 2.05) is 36.4 Å². The lowest BCUT2D eigenvalue weighted by molar-refractivity contribution is 0.0678. The van der Waals surface area contributed by atoms with Crippen LogP contribution in [0, 0.1) is 5.92 Å². The average molecular weight is 456 g/mol. The van der Waals surface area contributed by atoms with Gasteiger partial charge in [0.25, 0.3) is 5.91 Å². The Balaban J connectivity index is 1.43. The summed E-state index contributed by atoms with van der Waals surface area (Å²) in [5.41, 5.74) is 3.59. The van der Waals surface area contributed by atoms with Crippen LogP contribution in [0.1, 0.15) is 45.5 Å². The molecule has 2 unspecified atom stereocenters. The third-order valence-electron chi connectivity index (χ3n) is 6.22. The second-order valence-electron chi connectivity index (χ2n) is 8.17. The summed E-state index contributed by atoms with van der Waals surface area (Å²) < 4.78 is 0. The molecular weight excluding hydrogens is 434 g/mol. The van der Waals surface area contributed by atoms with Crippen molar-refractivity contribution < 1.29 is 4.79 Å². The number of benzene rings is 1. The summed E-state index contributed by atoms with van der Waals surface area (Å²) in [4.78, 5) is 20.8. The van der Waals surface area contributed by atoms with Crippen molar-refractivity contribution in [3.05, 3.63) is 92.4 Å². The van der Waals surface area contributed by atoms with Crippen LogP contribution in [0.4, 0.5) is 0 Å². The number of hydrazone groups is 1. The molecule has 4 nitrogen and oxygen atoms in total. The van der Waals surface area contributed by atoms with Gasteiger partial charge < -0.3 is 0 Å². The van der Waals surface area contributed by atoms with Crippen LogP contribution in [0.25, 0.3) is 17.0 Å². The molecule has 0 N–H and O–H groups in total. The van der Waals surface area contributed by atoms with E-state index in [2.05, 4.69) is 46.1 Å². The standard InChI is InChI=1S/C26H21N3OS2/c30-26(22-13-12-17-6-1-2-10-21(17)27-22)29-25(23-11-5-15-32-23)20-9-3-7-18(24(20)28-29)16-19-8-4-14-31-19/h1-2,4-6,8,10-16,20,25H,3,7,9H2/b18-16+. The number of pyridine rings is 1. The van der Waals surface area contributed by atoms with Crippen LogP contribution in [0.3, 0.4) is 0 Å². The molecule has 1 fully saturated rings. The molecule has 1 amide bonds. The summed E-state index contributed by atoms with van der Waals surface area (Å²) in [6, 6.07) is 20.0. The summed E-state index contributed by atoms with van der Waals surface area (Å²) >= 11 is 3.43. The number of thiophene rings is 2. The van der Waals surface area contributed by atoms with E-state index >= 15 is 0 Å². The van der Waals surface area contributed by atoms with E-state index in [1.165, 1.54) is 15.3 Å². The number of nitrogens with zero attached hydrogens (tertiary/aromatic N) is 3. The highest BCUT2D eigenvalue weighted by Gasteiger charge is 2.44. The maximum Gasteiger partial charge on any atom is 0.293 e. The molecule has 1 aromatic carbocycles. The largest absolute Gasteiger partial charge is 0.293 e. The van der Waals surface area contributed by atoms with Crippen LogP contribution < -0.4 is 0 Å². The minimum Gasteiger partial charge on any atom is -0.265 e. The SMILES string of the molecule is O=C(c1ccc2ccccc2n1)N1N=C2/C(=C/c3cccs3)CCCC2C1c1cccs1. The number of rotatable bonds is 3. The summed E-state index contributed by atoms with van der Waals surface area (Å²) in [7, 11) is 0. The summed E-state index contributed by atoms with van der Waals surface area (Å²) in [5, 5.41) is 11.9. The second kappa shape index (κ2) is 8.11. The van der Waals surface area contributed by atoms with E-state index in [0.29, 0.717) is 5.69 Å². The van der Waals surface area contributed by atoms with Crippen LogP contribution in [0.2, 0.25) is 0 Å². The first-order chi connectivity index (χ1) is 15.8. The van der Waals surface area contributed by atoms with Gasteiger partial charge in [-0.2, -0.15) is 5.10 Å². The molecule has 0 bridgehead atoms. The van der Waals surface area contributed by atoms with Crippen molar-refractivity contribution in [2.75, 3.05) is 0 Å². The first kappa shape index (κ1) is 19.6. The molecule has 0 radical (unpaired) electrons. The number of para-hydroxylation sites is 1. The van der Waals surface area contributed by atoms with Crippen LogP contribution in [-0.2, 0) is 0 Å². The van der Waals surface area contributed by atoms with Gasteiger partial charge in [0, 0.05) is 21.1 Å². The van der Waals surface area contributed by atoms with Crippen molar-refractivity contribution in [3.63, 3.8) is 0 Å². The molecule has 4 aromatic rings. The highest BCUT2D eigenvalue weighted by atomic mass is 32.1. The number of aromatic nitrogens is 1. The molecule has 6 rings (SSSR count). The highest BCUT2D eigenvalue weighted by Crippen LogP contribution is 2.46. The Morgan fingerprint density at radius 3 is 2.72 bits per heavy atom. The number of hydrogen-bond acceptors (Lipinski definition) is 5. The Kier molecular flexibility index (Phi) is 4.97. The number of fused-ring (bicyclic) bond motifs is 2. The molecule has 2 atom stereocenters. The molecule has 1 aliphatic heterocycles.